The van der Waals surface area contributed by atoms with E-state index in [1.54, 1.807) is 17.0 Å². The van der Waals surface area contributed by atoms with Crippen molar-refractivity contribution in [3.63, 3.8) is 0 Å². The van der Waals surface area contributed by atoms with Crippen molar-refractivity contribution in [2.24, 2.45) is 0 Å². The molecule has 1 unspecified atom stereocenters. The number of hydrogen-bond donors (Lipinski definition) is 0. The number of likely N-dealkylation sites (N-methyl/N-ethyl adjacent to an activating group) is 1. The van der Waals surface area contributed by atoms with Gasteiger partial charge in [-0.3, -0.25) is 9.36 Å². The van der Waals surface area contributed by atoms with Crippen molar-refractivity contribution in [1.82, 2.24) is 14.5 Å². The van der Waals surface area contributed by atoms with E-state index < -0.39 is 0 Å². The van der Waals surface area contributed by atoms with Gasteiger partial charge in [-0.05, 0) is 25.2 Å². The van der Waals surface area contributed by atoms with Crippen molar-refractivity contribution in [1.29, 1.82) is 0 Å². The van der Waals surface area contributed by atoms with E-state index in [1.807, 2.05) is 12.1 Å². The number of nitrogens with zero attached hydrogens (tertiary/aromatic N) is 3. The van der Waals surface area contributed by atoms with Crippen LogP contribution in [-0.4, -0.2) is 47.3 Å². The van der Waals surface area contributed by atoms with Gasteiger partial charge in [-0.15, -0.1) is 0 Å². The first-order valence-corrected chi connectivity index (χ1v) is 7.37. The number of rotatable bonds is 2. The minimum absolute atomic E-state index is 0.0145. The van der Waals surface area contributed by atoms with Crippen LogP contribution in [-0.2, 0) is 11.3 Å². The van der Waals surface area contributed by atoms with Crippen molar-refractivity contribution in [3.05, 3.63) is 39.4 Å². The van der Waals surface area contributed by atoms with Crippen molar-refractivity contribution < 1.29 is 4.74 Å². The summed E-state index contributed by atoms with van der Waals surface area (Å²) in [6, 6.07) is 5.52. The van der Waals surface area contributed by atoms with Crippen LogP contribution in [0.1, 0.15) is 0 Å². The third-order valence-corrected chi connectivity index (χ3v) is 4.02. The maximum absolute atomic E-state index is 12.4. The molecule has 6 heteroatoms. The highest BCUT2D eigenvalue weighted by molar-refractivity contribution is 9.10. The molecule has 1 saturated heterocycles. The molecule has 20 heavy (non-hydrogen) atoms. The molecule has 0 aliphatic carbocycles. The number of fused-ring (bicyclic) bond motifs is 1. The number of ether oxygens (including phenoxy) is 1. The maximum atomic E-state index is 12.4. The van der Waals surface area contributed by atoms with Crippen LogP contribution in [0.3, 0.4) is 0 Å². The predicted octanol–water partition coefficient (Wildman–Crippen LogP) is 1.49. The lowest BCUT2D eigenvalue weighted by molar-refractivity contribution is -0.0279. The topological polar surface area (TPSA) is 47.4 Å². The minimum Gasteiger partial charge on any atom is -0.374 e. The van der Waals surface area contributed by atoms with Gasteiger partial charge in [0, 0.05) is 17.6 Å². The summed E-state index contributed by atoms with van der Waals surface area (Å²) in [5, 5.41) is 0.639. The second-order valence-electron chi connectivity index (χ2n) is 5.12. The fourth-order valence-electron chi connectivity index (χ4n) is 2.46. The Morgan fingerprint density at radius 1 is 1.50 bits per heavy atom. The highest BCUT2D eigenvalue weighted by Gasteiger charge is 2.19. The first kappa shape index (κ1) is 13.7. The number of aromatic nitrogens is 2. The third-order valence-electron chi connectivity index (χ3n) is 3.53. The van der Waals surface area contributed by atoms with E-state index in [2.05, 4.69) is 32.9 Å². The number of halogens is 1. The summed E-state index contributed by atoms with van der Waals surface area (Å²) >= 11 is 3.39. The average molecular weight is 338 g/mol. The van der Waals surface area contributed by atoms with Crippen LogP contribution >= 0.6 is 15.9 Å². The first-order valence-electron chi connectivity index (χ1n) is 6.58. The molecule has 0 bridgehead atoms. The number of hydrogen-bond acceptors (Lipinski definition) is 4. The number of morpholine rings is 1. The van der Waals surface area contributed by atoms with Gasteiger partial charge in [0.25, 0.3) is 5.56 Å². The highest BCUT2D eigenvalue weighted by Crippen LogP contribution is 2.15. The van der Waals surface area contributed by atoms with Crippen LogP contribution in [0.4, 0.5) is 0 Å². The zero-order valence-corrected chi connectivity index (χ0v) is 12.8. The molecule has 2 heterocycles. The fourth-order valence-corrected chi connectivity index (χ4v) is 2.81. The van der Waals surface area contributed by atoms with Gasteiger partial charge in [0.05, 0.1) is 36.5 Å². The largest absolute Gasteiger partial charge is 0.374 e. The molecule has 1 atom stereocenters. The summed E-state index contributed by atoms with van der Waals surface area (Å²) in [7, 11) is 2.06. The Hall–Kier alpha value is -1.24. The van der Waals surface area contributed by atoms with Crippen molar-refractivity contribution >= 4 is 26.8 Å². The van der Waals surface area contributed by atoms with Crippen molar-refractivity contribution in [2.45, 2.75) is 12.6 Å². The molecule has 1 aliphatic heterocycles. The Bertz CT molecular complexity index is 686. The van der Waals surface area contributed by atoms with E-state index in [-0.39, 0.29) is 11.7 Å². The standard InChI is InChI=1S/C14H16BrN3O2/c1-17-4-5-20-11(7-17)8-18-9-16-13-6-10(15)2-3-12(13)14(18)19/h2-3,6,9,11H,4-5,7-8H2,1H3. The first-order chi connectivity index (χ1) is 9.63. The second kappa shape index (κ2) is 5.63. The van der Waals surface area contributed by atoms with Gasteiger partial charge in [0.15, 0.2) is 0 Å². The summed E-state index contributed by atoms with van der Waals surface area (Å²) in [5.74, 6) is 0. The number of benzene rings is 1. The maximum Gasteiger partial charge on any atom is 0.261 e. The summed E-state index contributed by atoms with van der Waals surface area (Å²) in [6.07, 6.45) is 1.65. The molecular weight excluding hydrogens is 322 g/mol. The molecule has 2 aromatic rings. The summed E-state index contributed by atoms with van der Waals surface area (Å²) in [5.41, 5.74) is 0.696. The van der Waals surface area contributed by atoms with Gasteiger partial charge >= 0.3 is 0 Å². The van der Waals surface area contributed by atoms with Crippen LogP contribution in [0.5, 0.6) is 0 Å². The van der Waals surface area contributed by atoms with Gasteiger partial charge in [0.2, 0.25) is 0 Å². The molecule has 0 amide bonds. The van der Waals surface area contributed by atoms with Gasteiger partial charge in [-0.25, -0.2) is 4.98 Å². The molecule has 106 valence electrons. The zero-order valence-electron chi connectivity index (χ0n) is 11.3. The molecule has 1 aromatic heterocycles. The summed E-state index contributed by atoms with van der Waals surface area (Å²) in [4.78, 5) is 19.0. The van der Waals surface area contributed by atoms with Gasteiger partial charge in [-0.1, -0.05) is 15.9 Å². The van der Waals surface area contributed by atoms with Gasteiger partial charge in [-0.2, -0.15) is 0 Å². The smallest absolute Gasteiger partial charge is 0.261 e. The Morgan fingerprint density at radius 2 is 2.35 bits per heavy atom. The van der Waals surface area contributed by atoms with Crippen LogP contribution in [0.2, 0.25) is 0 Å². The third kappa shape index (κ3) is 2.77. The molecule has 0 N–H and O–H groups in total. The predicted molar refractivity (Wildman–Crippen MR) is 80.9 cm³/mol. The van der Waals surface area contributed by atoms with E-state index in [0.29, 0.717) is 24.1 Å². The lowest BCUT2D eigenvalue weighted by Crippen LogP contribution is -2.43. The molecule has 0 spiro atoms. The van der Waals surface area contributed by atoms with E-state index in [9.17, 15) is 4.79 Å². The van der Waals surface area contributed by atoms with Crippen molar-refractivity contribution in [2.75, 3.05) is 26.7 Å². The SMILES string of the molecule is CN1CCOC(Cn2cnc3cc(Br)ccc3c2=O)C1. The van der Waals surface area contributed by atoms with E-state index in [0.717, 1.165) is 17.6 Å². The van der Waals surface area contributed by atoms with Gasteiger partial charge < -0.3 is 9.64 Å². The van der Waals surface area contributed by atoms with Gasteiger partial charge in [0.1, 0.15) is 0 Å². The minimum atomic E-state index is -0.0145. The molecular formula is C14H16BrN3O2. The Labute approximate surface area is 125 Å². The molecule has 1 aliphatic rings. The lowest BCUT2D eigenvalue weighted by atomic mass is 10.2. The normalized spacial score (nSPS) is 20.4. The highest BCUT2D eigenvalue weighted by atomic mass is 79.9. The van der Waals surface area contributed by atoms with E-state index in [4.69, 9.17) is 4.74 Å². The Kier molecular flexibility index (Phi) is 3.87. The molecule has 1 fully saturated rings. The van der Waals surface area contributed by atoms with Crippen LogP contribution in [0, 0.1) is 0 Å². The molecule has 1 aromatic carbocycles. The quantitative estimate of drug-likeness (QED) is 0.833. The molecule has 3 rings (SSSR count). The van der Waals surface area contributed by atoms with Crippen LogP contribution in [0.15, 0.2) is 33.8 Å². The molecule has 0 saturated carbocycles. The summed E-state index contributed by atoms with van der Waals surface area (Å²) < 4.78 is 8.26. The fraction of sp³-hybridized carbons (Fsp3) is 0.429. The van der Waals surface area contributed by atoms with Crippen molar-refractivity contribution in [3.8, 4) is 0 Å². The van der Waals surface area contributed by atoms with Crippen LogP contribution in [0.25, 0.3) is 10.9 Å². The Balaban J connectivity index is 1.90. The summed E-state index contributed by atoms with van der Waals surface area (Å²) in [6.45, 7) is 3.03. The molecule has 5 nitrogen and oxygen atoms in total. The second-order valence-corrected chi connectivity index (χ2v) is 6.03. The lowest BCUT2D eigenvalue weighted by Gasteiger charge is -2.30. The van der Waals surface area contributed by atoms with E-state index >= 15 is 0 Å². The van der Waals surface area contributed by atoms with Crippen LogP contribution < -0.4 is 5.56 Å². The Morgan fingerprint density at radius 3 is 3.15 bits per heavy atom. The van der Waals surface area contributed by atoms with E-state index in [1.165, 1.54) is 0 Å². The zero-order chi connectivity index (χ0) is 14.1. The molecule has 0 radical (unpaired) electrons. The monoisotopic (exact) mass is 337 g/mol. The average Bonchev–Trinajstić information content (AvgIpc) is 2.42.